The lowest BCUT2D eigenvalue weighted by Gasteiger charge is -2.25. The van der Waals surface area contributed by atoms with Crippen LogP contribution >= 0.6 is 0 Å². The minimum Gasteiger partial charge on any atom is -0.379 e. The molecule has 1 saturated heterocycles. The molecule has 0 N–H and O–H groups in total. The number of hydrogen-bond donors (Lipinski definition) is 0. The van der Waals surface area contributed by atoms with Gasteiger partial charge >= 0.3 is 0 Å². The number of ether oxygens (including phenoxy) is 1. The largest absolute Gasteiger partial charge is 0.379 e. The van der Waals surface area contributed by atoms with Crippen LogP contribution in [0.25, 0.3) is 11.2 Å². The van der Waals surface area contributed by atoms with Crippen molar-refractivity contribution in [3.05, 3.63) is 59.8 Å². The third-order valence-corrected chi connectivity index (χ3v) is 4.30. The third kappa shape index (κ3) is 2.84. The summed E-state index contributed by atoms with van der Waals surface area (Å²) in [5.41, 5.74) is 2.84. The molecule has 1 atom stereocenters. The Morgan fingerprint density at radius 3 is 2.87 bits per heavy atom. The van der Waals surface area contributed by atoms with Crippen molar-refractivity contribution in [1.29, 1.82) is 0 Å². The topological polar surface area (TPSA) is 39.9 Å². The highest BCUT2D eigenvalue weighted by atomic mass is 19.1. The number of rotatable bonds is 3. The summed E-state index contributed by atoms with van der Waals surface area (Å²) in [5, 5.41) is 0. The summed E-state index contributed by atoms with van der Waals surface area (Å²) in [6.07, 6.45) is 4.57. The average Bonchev–Trinajstić information content (AvgIpc) is 2.95. The number of aromatic nitrogens is 3. The van der Waals surface area contributed by atoms with Crippen LogP contribution in [0.5, 0.6) is 0 Å². The van der Waals surface area contributed by atoms with Crippen molar-refractivity contribution < 1.29 is 9.13 Å². The fourth-order valence-electron chi connectivity index (χ4n) is 3.20. The molecular weight excluding hydrogens is 293 g/mol. The van der Waals surface area contributed by atoms with E-state index >= 15 is 0 Å². The van der Waals surface area contributed by atoms with Gasteiger partial charge < -0.3 is 9.30 Å². The van der Waals surface area contributed by atoms with E-state index < -0.39 is 0 Å². The minimum absolute atomic E-state index is 0.218. The van der Waals surface area contributed by atoms with Crippen molar-refractivity contribution in [3.8, 4) is 0 Å². The lowest BCUT2D eigenvalue weighted by atomic mass is 10.1. The van der Waals surface area contributed by atoms with Gasteiger partial charge in [-0.15, -0.1) is 0 Å². The molecule has 0 saturated carbocycles. The van der Waals surface area contributed by atoms with Gasteiger partial charge in [0.05, 0.1) is 12.6 Å². The lowest BCUT2D eigenvalue weighted by Crippen LogP contribution is -2.23. The predicted molar refractivity (Wildman–Crippen MR) is 85.8 cm³/mol. The van der Waals surface area contributed by atoms with Gasteiger partial charge in [0.25, 0.3) is 0 Å². The maximum absolute atomic E-state index is 13.1. The Hall–Kier alpha value is -2.27. The molecule has 0 amide bonds. The third-order valence-electron chi connectivity index (χ3n) is 4.30. The first-order valence-electron chi connectivity index (χ1n) is 7.95. The van der Waals surface area contributed by atoms with Gasteiger partial charge in [-0.25, -0.2) is 14.4 Å². The van der Waals surface area contributed by atoms with Crippen LogP contribution in [0.2, 0.25) is 0 Å². The summed E-state index contributed by atoms with van der Waals surface area (Å²) in [5.74, 6) is 0.741. The van der Waals surface area contributed by atoms with Gasteiger partial charge in [0, 0.05) is 19.2 Å². The van der Waals surface area contributed by atoms with Crippen LogP contribution in [0.1, 0.15) is 30.3 Å². The normalized spacial score (nSPS) is 18.4. The van der Waals surface area contributed by atoms with Gasteiger partial charge in [0.2, 0.25) is 0 Å². The van der Waals surface area contributed by atoms with Crippen molar-refractivity contribution >= 4 is 11.2 Å². The molecule has 3 heterocycles. The Kier molecular flexibility index (Phi) is 3.79. The minimum atomic E-state index is -0.218. The van der Waals surface area contributed by atoms with Crippen LogP contribution < -0.4 is 0 Å². The van der Waals surface area contributed by atoms with Gasteiger partial charge in [0.15, 0.2) is 5.65 Å². The Balaban J connectivity index is 1.76. The first kappa shape index (κ1) is 14.3. The SMILES string of the molecule is Fc1ccc(Cc2nc3cccnc3n2C2CCCOC2)cc1. The van der Waals surface area contributed by atoms with Crippen molar-refractivity contribution in [2.45, 2.75) is 25.3 Å². The second-order valence-corrected chi connectivity index (χ2v) is 5.92. The maximum Gasteiger partial charge on any atom is 0.160 e. The molecule has 1 aliphatic heterocycles. The van der Waals surface area contributed by atoms with E-state index in [-0.39, 0.29) is 11.9 Å². The molecule has 118 valence electrons. The quantitative estimate of drug-likeness (QED) is 0.743. The van der Waals surface area contributed by atoms with Gasteiger partial charge in [-0.3, -0.25) is 0 Å². The zero-order valence-electron chi connectivity index (χ0n) is 12.8. The van der Waals surface area contributed by atoms with Crippen LogP contribution in [0.3, 0.4) is 0 Å². The van der Waals surface area contributed by atoms with Gasteiger partial charge in [-0.1, -0.05) is 12.1 Å². The van der Waals surface area contributed by atoms with E-state index in [1.54, 1.807) is 6.20 Å². The number of pyridine rings is 1. The summed E-state index contributed by atoms with van der Waals surface area (Å²) in [6, 6.07) is 10.7. The van der Waals surface area contributed by atoms with Crippen molar-refractivity contribution in [2.24, 2.45) is 0 Å². The van der Waals surface area contributed by atoms with E-state index in [4.69, 9.17) is 9.72 Å². The molecule has 4 rings (SSSR count). The molecule has 1 fully saturated rings. The molecule has 0 spiro atoms. The summed E-state index contributed by atoms with van der Waals surface area (Å²) < 4.78 is 21.0. The highest BCUT2D eigenvalue weighted by molar-refractivity contribution is 5.71. The van der Waals surface area contributed by atoms with Gasteiger partial charge in [-0.2, -0.15) is 0 Å². The van der Waals surface area contributed by atoms with Crippen LogP contribution in [0, 0.1) is 5.82 Å². The predicted octanol–water partition coefficient (Wildman–Crippen LogP) is 3.51. The standard InChI is InChI=1S/C18H18FN3O/c19-14-7-5-13(6-8-14)11-17-21-16-4-1-9-20-18(16)22(17)15-3-2-10-23-12-15/h1,4-9,15H,2-3,10-12H2. The second-order valence-electron chi connectivity index (χ2n) is 5.92. The molecule has 1 aromatic carbocycles. The Morgan fingerprint density at radius 2 is 2.09 bits per heavy atom. The molecule has 3 aromatic rings. The number of hydrogen-bond acceptors (Lipinski definition) is 3. The molecule has 0 radical (unpaired) electrons. The summed E-state index contributed by atoms with van der Waals surface area (Å²) in [4.78, 5) is 9.27. The van der Waals surface area contributed by atoms with E-state index in [9.17, 15) is 4.39 Å². The van der Waals surface area contributed by atoms with E-state index in [1.807, 2.05) is 24.3 Å². The molecule has 5 heteroatoms. The molecule has 1 unspecified atom stereocenters. The van der Waals surface area contributed by atoms with Gasteiger partial charge in [0.1, 0.15) is 17.2 Å². The first-order chi connectivity index (χ1) is 11.3. The molecule has 23 heavy (non-hydrogen) atoms. The molecule has 1 aliphatic rings. The van der Waals surface area contributed by atoms with Crippen LogP contribution in [0.4, 0.5) is 4.39 Å². The lowest BCUT2D eigenvalue weighted by molar-refractivity contribution is 0.0595. The molecule has 0 aliphatic carbocycles. The fourth-order valence-corrected chi connectivity index (χ4v) is 3.20. The molecule has 4 nitrogen and oxygen atoms in total. The monoisotopic (exact) mass is 311 g/mol. The van der Waals surface area contributed by atoms with E-state index in [1.165, 1.54) is 12.1 Å². The first-order valence-corrected chi connectivity index (χ1v) is 7.95. The zero-order chi connectivity index (χ0) is 15.6. The van der Waals surface area contributed by atoms with Gasteiger partial charge in [-0.05, 0) is 42.7 Å². The molecule has 2 aromatic heterocycles. The van der Waals surface area contributed by atoms with Crippen molar-refractivity contribution in [2.75, 3.05) is 13.2 Å². The highest BCUT2D eigenvalue weighted by Gasteiger charge is 2.22. The second kappa shape index (κ2) is 6.08. The van der Waals surface area contributed by atoms with Crippen LogP contribution in [0.15, 0.2) is 42.6 Å². The van der Waals surface area contributed by atoms with Crippen LogP contribution in [-0.2, 0) is 11.2 Å². The number of fused-ring (bicyclic) bond motifs is 1. The summed E-state index contributed by atoms with van der Waals surface area (Å²) >= 11 is 0. The van der Waals surface area contributed by atoms with E-state index in [2.05, 4.69) is 9.55 Å². The number of imidazole rings is 1. The fraction of sp³-hybridized carbons (Fsp3) is 0.333. The van der Waals surface area contributed by atoms with E-state index in [0.29, 0.717) is 13.0 Å². The van der Waals surface area contributed by atoms with Crippen LogP contribution in [-0.4, -0.2) is 27.7 Å². The summed E-state index contributed by atoms with van der Waals surface area (Å²) in [6.45, 7) is 1.52. The van der Waals surface area contributed by atoms with Crippen molar-refractivity contribution in [3.63, 3.8) is 0 Å². The Bertz CT molecular complexity index is 807. The summed E-state index contributed by atoms with van der Waals surface area (Å²) in [7, 11) is 0. The number of nitrogens with zero attached hydrogens (tertiary/aromatic N) is 3. The average molecular weight is 311 g/mol. The highest BCUT2D eigenvalue weighted by Crippen LogP contribution is 2.27. The maximum atomic E-state index is 13.1. The van der Waals surface area contributed by atoms with E-state index in [0.717, 1.165) is 42.0 Å². The van der Waals surface area contributed by atoms with Crippen molar-refractivity contribution in [1.82, 2.24) is 14.5 Å². The Morgan fingerprint density at radius 1 is 1.22 bits per heavy atom. The Labute approximate surface area is 133 Å². The number of halogens is 1. The molecule has 0 bridgehead atoms. The zero-order valence-corrected chi connectivity index (χ0v) is 12.8. The molecular formula is C18H18FN3O. The number of benzene rings is 1. The smallest absolute Gasteiger partial charge is 0.160 e.